The topological polar surface area (TPSA) is 41.1 Å². The van der Waals surface area contributed by atoms with Gasteiger partial charge in [0, 0.05) is 0 Å². The van der Waals surface area contributed by atoms with Crippen molar-refractivity contribution < 1.29 is 26.7 Å². The summed E-state index contributed by atoms with van der Waals surface area (Å²) in [6.45, 7) is -0.575. The molecule has 0 aromatic heterocycles. The van der Waals surface area contributed by atoms with E-state index in [4.69, 9.17) is 0 Å². The second-order valence-electron chi connectivity index (χ2n) is 3.25. The van der Waals surface area contributed by atoms with Gasteiger partial charge in [-0.1, -0.05) is 0 Å². The Kier molecular flexibility index (Phi) is 3.17. The summed E-state index contributed by atoms with van der Waals surface area (Å²) in [5.74, 6) is -5.67. The molecule has 1 atom stereocenters. The van der Waals surface area contributed by atoms with Crippen LogP contribution in [0.3, 0.4) is 0 Å². The number of alkyl halides is 5. The normalized spacial score (nSPS) is 26.1. The number of hydrogen-bond acceptors (Lipinski definition) is 2. The monoisotopic (exact) mass is 232 g/mol. The highest BCUT2D eigenvalue weighted by atomic mass is 19.4. The Hall–Kier alpha value is -0.920. The summed E-state index contributed by atoms with van der Waals surface area (Å²) < 4.78 is 61.3. The first-order valence-corrected chi connectivity index (χ1v) is 4.20. The van der Waals surface area contributed by atoms with E-state index in [0.29, 0.717) is 0 Å². The minimum atomic E-state index is -5.12. The largest absolute Gasteiger partial charge is 0.471 e. The maximum atomic E-state index is 13.0. The Morgan fingerprint density at radius 2 is 2.00 bits per heavy atom. The lowest BCUT2D eigenvalue weighted by atomic mass is 10.0. The van der Waals surface area contributed by atoms with Crippen LogP contribution in [0.1, 0.15) is 6.42 Å². The van der Waals surface area contributed by atoms with Crippen LogP contribution in [0.4, 0.5) is 22.0 Å². The summed E-state index contributed by atoms with van der Waals surface area (Å²) in [7, 11) is 0. The SMILES string of the molecule is O=C(NC1CCNCC1(F)F)C(F)(F)F. The maximum Gasteiger partial charge on any atom is 0.471 e. The van der Waals surface area contributed by atoms with Crippen LogP contribution in [0.2, 0.25) is 0 Å². The van der Waals surface area contributed by atoms with Gasteiger partial charge in [-0.2, -0.15) is 13.2 Å². The van der Waals surface area contributed by atoms with E-state index in [9.17, 15) is 26.7 Å². The highest BCUT2D eigenvalue weighted by Crippen LogP contribution is 2.24. The molecule has 0 aromatic rings. The molecule has 88 valence electrons. The number of rotatable bonds is 1. The molecule has 1 aliphatic heterocycles. The summed E-state index contributed by atoms with van der Waals surface area (Å²) in [6, 6.07) is -1.76. The molecule has 8 heteroatoms. The summed E-state index contributed by atoms with van der Waals surface area (Å²) in [6.07, 6.45) is -5.35. The summed E-state index contributed by atoms with van der Waals surface area (Å²) in [4.78, 5) is 10.4. The minimum Gasteiger partial charge on any atom is -0.339 e. The number of carbonyl (C=O) groups is 1. The van der Waals surface area contributed by atoms with Crippen molar-refractivity contribution in [2.24, 2.45) is 0 Å². The van der Waals surface area contributed by atoms with Crippen molar-refractivity contribution in [3.8, 4) is 0 Å². The lowest BCUT2D eigenvalue weighted by molar-refractivity contribution is -0.177. The highest BCUT2D eigenvalue weighted by molar-refractivity contribution is 5.82. The zero-order chi connectivity index (χ0) is 11.7. The second-order valence-corrected chi connectivity index (χ2v) is 3.25. The predicted molar refractivity (Wildman–Crippen MR) is 40.4 cm³/mol. The van der Waals surface area contributed by atoms with Crippen LogP contribution in [0.25, 0.3) is 0 Å². The van der Waals surface area contributed by atoms with Gasteiger partial charge in [0.25, 0.3) is 5.92 Å². The molecule has 0 aromatic carbocycles. The standard InChI is InChI=1S/C7H9F5N2O/c8-6(9)3-13-2-1-4(6)14-5(15)7(10,11)12/h4,13H,1-3H2,(H,14,15). The van der Waals surface area contributed by atoms with Crippen molar-refractivity contribution >= 4 is 5.91 Å². The number of amides is 1. The molecule has 0 radical (unpaired) electrons. The van der Waals surface area contributed by atoms with Crippen LogP contribution < -0.4 is 10.6 Å². The summed E-state index contributed by atoms with van der Waals surface area (Å²) in [5.41, 5.74) is 0. The third-order valence-electron chi connectivity index (χ3n) is 2.04. The molecule has 1 heterocycles. The van der Waals surface area contributed by atoms with Gasteiger partial charge in [-0.05, 0) is 13.0 Å². The summed E-state index contributed by atoms with van der Waals surface area (Å²) >= 11 is 0. The predicted octanol–water partition coefficient (Wildman–Crippen LogP) is 0.662. The number of carbonyl (C=O) groups excluding carboxylic acids is 1. The molecule has 3 nitrogen and oxygen atoms in total. The van der Waals surface area contributed by atoms with Crippen LogP contribution in [-0.4, -0.2) is 37.1 Å². The van der Waals surface area contributed by atoms with E-state index in [1.807, 2.05) is 0 Å². The Balaban J connectivity index is 2.61. The Labute approximate surface area is 82.0 Å². The van der Waals surface area contributed by atoms with E-state index < -0.39 is 30.6 Å². The van der Waals surface area contributed by atoms with Gasteiger partial charge in [-0.25, -0.2) is 8.78 Å². The molecule has 0 saturated carbocycles. The molecule has 1 unspecified atom stereocenters. The molecular weight excluding hydrogens is 223 g/mol. The molecule has 2 N–H and O–H groups in total. The molecule has 1 rings (SSSR count). The van der Waals surface area contributed by atoms with Gasteiger partial charge in [0.2, 0.25) is 0 Å². The Morgan fingerprint density at radius 1 is 1.40 bits per heavy atom. The Morgan fingerprint density at radius 3 is 2.47 bits per heavy atom. The summed E-state index contributed by atoms with van der Waals surface area (Å²) in [5, 5.41) is 3.63. The van der Waals surface area contributed by atoms with Gasteiger partial charge >= 0.3 is 12.1 Å². The van der Waals surface area contributed by atoms with Crippen LogP contribution in [-0.2, 0) is 4.79 Å². The van der Waals surface area contributed by atoms with Crippen LogP contribution in [0.15, 0.2) is 0 Å². The average Bonchev–Trinajstić information content (AvgIpc) is 2.06. The average molecular weight is 232 g/mol. The quantitative estimate of drug-likeness (QED) is 0.652. The molecule has 0 bridgehead atoms. The van der Waals surface area contributed by atoms with Crippen molar-refractivity contribution in [3.05, 3.63) is 0 Å². The molecular formula is C7H9F5N2O. The van der Waals surface area contributed by atoms with Crippen molar-refractivity contribution in [2.75, 3.05) is 13.1 Å². The maximum absolute atomic E-state index is 13.0. The molecule has 1 saturated heterocycles. The fraction of sp³-hybridized carbons (Fsp3) is 0.857. The minimum absolute atomic E-state index is 0.151. The van der Waals surface area contributed by atoms with Gasteiger partial charge in [-0.15, -0.1) is 0 Å². The zero-order valence-corrected chi connectivity index (χ0v) is 7.50. The van der Waals surface area contributed by atoms with E-state index in [1.165, 1.54) is 5.32 Å². The van der Waals surface area contributed by atoms with E-state index in [0.717, 1.165) is 0 Å². The first-order chi connectivity index (χ1) is 6.73. The molecule has 0 aliphatic carbocycles. The van der Waals surface area contributed by atoms with Crippen LogP contribution in [0, 0.1) is 0 Å². The molecule has 0 spiro atoms. The second kappa shape index (κ2) is 3.92. The molecule has 1 fully saturated rings. The van der Waals surface area contributed by atoms with Gasteiger partial charge < -0.3 is 10.6 Å². The lowest BCUT2D eigenvalue weighted by Crippen LogP contribution is -2.59. The van der Waals surface area contributed by atoms with Crippen LogP contribution in [0.5, 0.6) is 0 Å². The number of nitrogens with one attached hydrogen (secondary N) is 2. The zero-order valence-electron chi connectivity index (χ0n) is 7.50. The van der Waals surface area contributed by atoms with Gasteiger partial charge in [-0.3, -0.25) is 4.79 Å². The van der Waals surface area contributed by atoms with Gasteiger partial charge in [0.05, 0.1) is 12.6 Å². The fourth-order valence-electron chi connectivity index (χ4n) is 1.25. The third-order valence-corrected chi connectivity index (χ3v) is 2.04. The van der Waals surface area contributed by atoms with E-state index in [2.05, 4.69) is 5.32 Å². The fourth-order valence-corrected chi connectivity index (χ4v) is 1.25. The Bertz CT molecular complexity index is 252. The van der Waals surface area contributed by atoms with E-state index >= 15 is 0 Å². The van der Waals surface area contributed by atoms with Crippen molar-refractivity contribution in [1.29, 1.82) is 0 Å². The first-order valence-electron chi connectivity index (χ1n) is 4.20. The highest BCUT2D eigenvalue weighted by Gasteiger charge is 2.47. The van der Waals surface area contributed by atoms with Gasteiger partial charge in [0.1, 0.15) is 0 Å². The van der Waals surface area contributed by atoms with E-state index in [-0.39, 0.29) is 13.0 Å². The van der Waals surface area contributed by atoms with Crippen molar-refractivity contribution in [3.63, 3.8) is 0 Å². The third kappa shape index (κ3) is 3.01. The van der Waals surface area contributed by atoms with Crippen LogP contribution >= 0.6 is 0 Å². The van der Waals surface area contributed by atoms with Crippen molar-refractivity contribution in [1.82, 2.24) is 10.6 Å². The lowest BCUT2D eigenvalue weighted by Gasteiger charge is -2.32. The number of halogens is 5. The molecule has 1 amide bonds. The number of hydrogen-bond donors (Lipinski definition) is 2. The van der Waals surface area contributed by atoms with E-state index in [1.54, 1.807) is 0 Å². The first kappa shape index (κ1) is 12.2. The smallest absolute Gasteiger partial charge is 0.339 e. The molecule has 1 aliphatic rings. The number of piperidine rings is 1. The van der Waals surface area contributed by atoms with Gasteiger partial charge in [0.15, 0.2) is 0 Å². The van der Waals surface area contributed by atoms with Crippen molar-refractivity contribution in [2.45, 2.75) is 24.6 Å². The molecule has 15 heavy (non-hydrogen) atoms.